The third kappa shape index (κ3) is 4.36. The zero-order valence-corrected chi connectivity index (χ0v) is 13.7. The number of anilines is 1. The van der Waals surface area contributed by atoms with E-state index in [1.165, 1.54) is 6.07 Å². The number of hydrogen-bond donors (Lipinski definition) is 1. The maximum Gasteiger partial charge on any atom is 0.312 e. The summed E-state index contributed by atoms with van der Waals surface area (Å²) >= 11 is 3.21. The molecule has 116 valence electrons. The third-order valence-corrected chi connectivity index (χ3v) is 3.73. The number of aromatic nitrogens is 1. The summed E-state index contributed by atoms with van der Waals surface area (Å²) in [5.41, 5.74) is -0.718. The fraction of sp³-hybridized carbons (Fsp3) is 0.615. The summed E-state index contributed by atoms with van der Waals surface area (Å²) in [6.45, 7) is 6.96. The highest BCUT2D eigenvalue weighted by atomic mass is 79.9. The van der Waals surface area contributed by atoms with Gasteiger partial charge in [-0.15, -0.1) is 0 Å². The molecule has 7 nitrogen and oxygen atoms in total. The van der Waals surface area contributed by atoms with Crippen molar-refractivity contribution < 1.29 is 10.0 Å². The van der Waals surface area contributed by atoms with Crippen LogP contribution in [0.5, 0.6) is 0 Å². The molecule has 0 bridgehead atoms. The Bertz CT molecular complexity index is 525. The van der Waals surface area contributed by atoms with Gasteiger partial charge in [-0.2, -0.15) is 0 Å². The molecule has 1 aliphatic heterocycles. The average Bonchev–Trinajstić information content (AvgIpc) is 2.38. The zero-order chi connectivity index (χ0) is 15.6. The lowest BCUT2D eigenvalue weighted by molar-refractivity contribution is -0.384. The molecule has 1 fully saturated rings. The van der Waals surface area contributed by atoms with Gasteiger partial charge in [0.1, 0.15) is 0 Å². The van der Waals surface area contributed by atoms with Crippen molar-refractivity contribution in [3.05, 3.63) is 26.9 Å². The molecule has 21 heavy (non-hydrogen) atoms. The fourth-order valence-corrected chi connectivity index (χ4v) is 2.78. The molecule has 1 N–H and O–H groups in total. The normalized spacial score (nSPS) is 17.0. The summed E-state index contributed by atoms with van der Waals surface area (Å²) < 4.78 is 0.596. The monoisotopic (exact) mass is 358 g/mol. The minimum Gasteiger partial charge on any atom is -0.389 e. The summed E-state index contributed by atoms with van der Waals surface area (Å²) in [5.74, 6) is 0.408. The van der Waals surface area contributed by atoms with E-state index in [1.54, 1.807) is 20.0 Å². The maximum atomic E-state index is 11.1. The van der Waals surface area contributed by atoms with Gasteiger partial charge in [-0.25, -0.2) is 4.98 Å². The Labute approximate surface area is 131 Å². The van der Waals surface area contributed by atoms with E-state index in [4.69, 9.17) is 0 Å². The molecule has 0 radical (unpaired) electrons. The summed E-state index contributed by atoms with van der Waals surface area (Å²) in [6, 6.07) is 1.48. The molecule has 2 rings (SSSR count). The minimum atomic E-state index is -0.732. The topological polar surface area (TPSA) is 82.7 Å². The van der Waals surface area contributed by atoms with Crippen molar-refractivity contribution in [2.24, 2.45) is 0 Å². The quantitative estimate of drug-likeness (QED) is 0.650. The van der Waals surface area contributed by atoms with E-state index < -0.39 is 10.5 Å². The lowest BCUT2D eigenvalue weighted by Gasteiger charge is -2.37. The Kier molecular flexibility index (Phi) is 4.80. The van der Waals surface area contributed by atoms with Gasteiger partial charge in [-0.3, -0.25) is 15.0 Å². The number of rotatable bonds is 4. The number of nitrogens with zero attached hydrogens (tertiary/aromatic N) is 4. The molecule has 1 aliphatic rings. The van der Waals surface area contributed by atoms with Crippen LogP contribution in [0, 0.1) is 10.1 Å². The number of aliphatic hydroxyl groups is 1. The predicted molar refractivity (Wildman–Crippen MR) is 83.5 cm³/mol. The van der Waals surface area contributed by atoms with Crippen molar-refractivity contribution in [1.29, 1.82) is 0 Å². The van der Waals surface area contributed by atoms with Crippen LogP contribution in [0.25, 0.3) is 0 Å². The van der Waals surface area contributed by atoms with E-state index in [0.29, 0.717) is 29.9 Å². The van der Waals surface area contributed by atoms with Crippen LogP contribution in [0.2, 0.25) is 0 Å². The van der Waals surface area contributed by atoms with E-state index in [1.807, 2.05) is 4.90 Å². The largest absolute Gasteiger partial charge is 0.389 e. The van der Waals surface area contributed by atoms with Crippen molar-refractivity contribution in [2.75, 3.05) is 37.6 Å². The molecule has 0 atom stereocenters. The Morgan fingerprint density at radius 2 is 2.05 bits per heavy atom. The summed E-state index contributed by atoms with van der Waals surface area (Å²) in [7, 11) is 0. The zero-order valence-electron chi connectivity index (χ0n) is 12.1. The van der Waals surface area contributed by atoms with E-state index in [9.17, 15) is 15.2 Å². The molecule has 8 heteroatoms. The van der Waals surface area contributed by atoms with Crippen LogP contribution < -0.4 is 4.90 Å². The van der Waals surface area contributed by atoms with Gasteiger partial charge in [0.15, 0.2) is 0 Å². The van der Waals surface area contributed by atoms with Crippen molar-refractivity contribution in [3.8, 4) is 0 Å². The first kappa shape index (κ1) is 16.1. The number of pyridine rings is 1. The summed E-state index contributed by atoms with van der Waals surface area (Å²) in [4.78, 5) is 19.0. The molecule has 0 aromatic carbocycles. The van der Waals surface area contributed by atoms with Crippen molar-refractivity contribution in [1.82, 2.24) is 9.88 Å². The summed E-state index contributed by atoms with van der Waals surface area (Å²) in [5, 5.41) is 21.0. The summed E-state index contributed by atoms with van der Waals surface area (Å²) in [6.07, 6.45) is 1.57. The van der Waals surface area contributed by atoms with Crippen LogP contribution in [0.1, 0.15) is 13.8 Å². The number of halogens is 1. The van der Waals surface area contributed by atoms with Gasteiger partial charge in [0, 0.05) is 49.5 Å². The maximum absolute atomic E-state index is 11.1. The van der Waals surface area contributed by atoms with Crippen LogP contribution in [0.3, 0.4) is 0 Å². The minimum absolute atomic E-state index is 0.0142. The van der Waals surface area contributed by atoms with Crippen molar-refractivity contribution in [2.45, 2.75) is 19.4 Å². The van der Waals surface area contributed by atoms with Gasteiger partial charge in [-0.05, 0) is 29.8 Å². The lowest BCUT2D eigenvalue weighted by atomic mass is 10.1. The Morgan fingerprint density at radius 3 is 2.57 bits per heavy atom. The predicted octanol–water partition coefficient (Wildman–Crippen LogP) is 1.65. The van der Waals surface area contributed by atoms with Crippen LogP contribution >= 0.6 is 15.9 Å². The molecule has 2 heterocycles. The highest BCUT2D eigenvalue weighted by molar-refractivity contribution is 9.10. The van der Waals surface area contributed by atoms with E-state index in [2.05, 4.69) is 25.8 Å². The highest BCUT2D eigenvalue weighted by Crippen LogP contribution is 2.29. The SMILES string of the molecule is CC(C)(O)CN1CCN(c2ncc(Br)cc2[N+](=O)[O-])CC1. The highest BCUT2D eigenvalue weighted by Gasteiger charge is 2.27. The van der Waals surface area contributed by atoms with Gasteiger partial charge >= 0.3 is 5.69 Å². The van der Waals surface area contributed by atoms with Gasteiger partial charge in [0.2, 0.25) is 5.82 Å². The molecule has 0 saturated carbocycles. The second-order valence-corrected chi connectivity index (χ2v) is 6.74. The molecule has 0 spiro atoms. The molecular weight excluding hydrogens is 340 g/mol. The molecular formula is C13H19BrN4O3. The Morgan fingerprint density at radius 1 is 1.43 bits per heavy atom. The molecule has 0 unspecified atom stereocenters. The second-order valence-electron chi connectivity index (χ2n) is 5.83. The molecule has 1 aromatic heterocycles. The van der Waals surface area contributed by atoms with Crippen molar-refractivity contribution in [3.63, 3.8) is 0 Å². The Hall–Kier alpha value is -1.25. The number of piperazine rings is 1. The second kappa shape index (κ2) is 6.25. The molecule has 0 amide bonds. The number of β-amino-alcohol motifs (C(OH)–C–C–N with tert-alkyl or cyclic N) is 1. The first-order chi connectivity index (χ1) is 9.76. The average molecular weight is 359 g/mol. The standard InChI is InChI=1S/C13H19BrN4O3/c1-13(2,19)9-16-3-5-17(6-4-16)12-11(18(20)21)7-10(14)8-15-12/h7-8,19H,3-6,9H2,1-2H3. The van der Waals surface area contributed by atoms with Gasteiger partial charge < -0.3 is 10.0 Å². The first-order valence-corrected chi connectivity index (χ1v) is 7.55. The first-order valence-electron chi connectivity index (χ1n) is 6.76. The molecule has 0 aliphatic carbocycles. The number of nitro groups is 1. The van der Waals surface area contributed by atoms with Crippen LogP contribution in [0.15, 0.2) is 16.7 Å². The van der Waals surface area contributed by atoms with Crippen LogP contribution in [-0.2, 0) is 0 Å². The fourth-order valence-electron chi connectivity index (χ4n) is 2.46. The third-order valence-electron chi connectivity index (χ3n) is 3.29. The van der Waals surface area contributed by atoms with E-state index >= 15 is 0 Å². The lowest BCUT2D eigenvalue weighted by Crippen LogP contribution is -2.50. The van der Waals surface area contributed by atoms with E-state index in [0.717, 1.165) is 13.1 Å². The van der Waals surface area contributed by atoms with Crippen molar-refractivity contribution >= 4 is 27.4 Å². The van der Waals surface area contributed by atoms with Gasteiger partial charge in [0.05, 0.1) is 10.5 Å². The van der Waals surface area contributed by atoms with Crippen LogP contribution in [0.4, 0.5) is 11.5 Å². The smallest absolute Gasteiger partial charge is 0.312 e. The molecule has 1 aromatic rings. The van der Waals surface area contributed by atoms with Gasteiger partial charge in [0.25, 0.3) is 0 Å². The number of hydrogen-bond acceptors (Lipinski definition) is 6. The molecule has 1 saturated heterocycles. The van der Waals surface area contributed by atoms with Gasteiger partial charge in [-0.1, -0.05) is 0 Å². The Balaban J connectivity index is 2.07. The van der Waals surface area contributed by atoms with E-state index in [-0.39, 0.29) is 5.69 Å². The van der Waals surface area contributed by atoms with Crippen LogP contribution in [-0.4, -0.2) is 58.2 Å².